The number of anilines is 1. The van der Waals surface area contributed by atoms with Crippen molar-refractivity contribution in [1.29, 1.82) is 0 Å². The van der Waals surface area contributed by atoms with Crippen LogP contribution in [0.3, 0.4) is 0 Å². The molecule has 8 heteroatoms. The molecule has 158 valence electrons. The highest BCUT2D eigenvalue weighted by atomic mass is 35.5. The molecule has 1 unspecified atom stereocenters. The lowest BCUT2D eigenvalue weighted by Gasteiger charge is -2.21. The normalized spacial score (nSPS) is 12.1. The van der Waals surface area contributed by atoms with E-state index in [0.29, 0.717) is 39.6 Å². The van der Waals surface area contributed by atoms with Crippen LogP contribution < -0.4 is 5.32 Å². The molecule has 0 aromatic heterocycles. The molecule has 4 rings (SSSR count). The van der Waals surface area contributed by atoms with E-state index in [1.807, 2.05) is 42.0 Å². The van der Waals surface area contributed by atoms with Crippen LogP contribution in [0.1, 0.15) is 24.9 Å². The van der Waals surface area contributed by atoms with Crippen LogP contribution in [0.15, 0.2) is 72.0 Å². The number of benzene rings is 2. The van der Waals surface area contributed by atoms with Gasteiger partial charge in [0.05, 0.1) is 10.7 Å². The molecule has 0 fully saturated rings. The zero-order valence-corrected chi connectivity index (χ0v) is 18.3. The molecule has 2 aliphatic heterocycles. The fraction of sp³-hybridized carbons (Fsp3) is 0.174. The number of pyridine rings is 1. The average Bonchev–Trinajstić information content (AvgIpc) is 3.19. The number of hydrogen-bond donors (Lipinski definition) is 1. The summed E-state index contributed by atoms with van der Waals surface area (Å²) >= 11 is 7.66. The second-order valence-electron chi connectivity index (χ2n) is 6.94. The van der Waals surface area contributed by atoms with E-state index in [0.717, 1.165) is 5.56 Å². The number of carbonyl (C=O) groups is 1. The van der Waals surface area contributed by atoms with Crippen LogP contribution in [0.4, 0.5) is 10.1 Å². The number of halogens is 2. The highest BCUT2D eigenvalue weighted by Gasteiger charge is 2.24. The minimum atomic E-state index is -0.466. The highest BCUT2D eigenvalue weighted by molar-refractivity contribution is 7.98. The lowest BCUT2D eigenvalue weighted by Crippen LogP contribution is -2.26. The second kappa shape index (κ2) is 9.49. The Kier molecular flexibility index (Phi) is 6.53. The van der Waals surface area contributed by atoms with Gasteiger partial charge in [0.15, 0.2) is 11.0 Å². The van der Waals surface area contributed by atoms with Crippen LogP contribution in [0.2, 0.25) is 5.02 Å². The number of fused-ring (bicyclic) bond motifs is 1. The maximum atomic E-state index is 13.1. The number of hydrogen-bond acceptors (Lipinski definition) is 4. The number of nitrogens with zero attached hydrogens (tertiary/aromatic N) is 3. The second-order valence-corrected chi connectivity index (χ2v) is 8.29. The van der Waals surface area contributed by atoms with Crippen molar-refractivity contribution in [3.8, 4) is 11.5 Å². The largest absolute Gasteiger partial charge is 0.323 e. The third-order valence-corrected chi connectivity index (χ3v) is 6.08. The van der Waals surface area contributed by atoms with E-state index in [-0.39, 0.29) is 11.7 Å². The Morgan fingerprint density at radius 1 is 1.13 bits per heavy atom. The first-order valence-corrected chi connectivity index (χ1v) is 11.2. The predicted molar refractivity (Wildman–Crippen MR) is 122 cm³/mol. The van der Waals surface area contributed by atoms with Gasteiger partial charge in [-0.2, -0.15) is 0 Å². The SMILES string of the molecule is CCC(C(=O)Nc1ccccc1Cl)n1cccc2nc(SCc3ccc(F)cc3)nc1-2. The van der Waals surface area contributed by atoms with Gasteiger partial charge in [0.1, 0.15) is 17.6 Å². The molecule has 2 aliphatic rings. The van der Waals surface area contributed by atoms with Gasteiger partial charge in [0, 0.05) is 11.9 Å². The Bertz CT molecular complexity index is 1160. The molecule has 2 heterocycles. The smallest absolute Gasteiger partial charge is 0.247 e. The molecule has 0 spiro atoms. The van der Waals surface area contributed by atoms with Crippen LogP contribution in [-0.4, -0.2) is 20.4 Å². The number of nitrogens with one attached hydrogen (secondary N) is 1. The number of thioether (sulfide) groups is 1. The summed E-state index contributed by atoms with van der Waals surface area (Å²) in [5.74, 6) is 0.841. The summed E-state index contributed by atoms with van der Waals surface area (Å²) in [6.45, 7) is 1.95. The van der Waals surface area contributed by atoms with E-state index in [9.17, 15) is 9.18 Å². The molecular weight excluding hydrogens is 435 g/mol. The minimum Gasteiger partial charge on any atom is -0.323 e. The van der Waals surface area contributed by atoms with Gasteiger partial charge < -0.3 is 9.88 Å². The van der Waals surface area contributed by atoms with Crippen LogP contribution in [0.5, 0.6) is 0 Å². The topological polar surface area (TPSA) is 59.8 Å². The highest BCUT2D eigenvalue weighted by Crippen LogP contribution is 2.30. The molecule has 5 nitrogen and oxygen atoms in total. The van der Waals surface area contributed by atoms with Crippen molar-refractivity contribution in [3.63, 3.8) is 0 Å². The number of rotatable bonds is 7. The Hall–Kier alpha value is -2.90. The fourth-order valence-electron chi connectivity index (χ4n) is 3.26. The molecule has 2 aromatic carbocycles. The third-order valence-electron chi connectivity index (χ3n) is 4.83. The zero-order chi connectivity index (χ0) is 21.8. The minimum absolute atomic E-state index is 0.170. The van der Waals surface area contributed by atoms with Gasteiger partial charge in [-0.25, -0.2) is 14.4 Å². The van der Waals surface area contributed by atoms with Crippen molar-refractivity contribution < 1.29 is 9.18 Å². The van der Waals surface area contributed by atoms with Crippen molar-refractivity contribution in [1.82, 2.24) is 14.5 Å². The molecular formula is C23H20ClFN4OS. The first-order chi connectivity index (χ1) is 15.0. The van der Waals surface area contributed by atoms with Crippen molar-refractivity contribution in [2.45, 2.75) is 30.3 Å². The summed E-state index contributed by atoms with van der Waals surface area (Å²) in [7, 11) is 0. The Balaban J connectivity index is 1.55. The molecule has 0 radical (unpaired) electrons. The molecule has 2 aromatic rings. The summed E-state index contributed by atoms with van der Waals surface area (Å²) in [5, 5.41) is 4.01. The monoisotopic (exact) mass is 454 g/mol. The summed E-state index contributed by atoms with van der Waals surface area (Å²) < 4.78 is 14.9. The molecule has 1 N–H and O–H groups in total. The fourth-order valence-corrected chi connectivity index (χ4v) is 4.24. The molecule has 0 saturated heterocycles. The van der Waals surface area contributed by atoms with Crippen LogP contribution >= 0.6 is 23.4 Å². The van der Waals surface area contributed by atoms with Crippen molar-refractivity contribution in [3.05, 3.63) is 83.3 Å². The van der Waals surface area contributed by atoms with Crippen molar-refractivity contribution >= 4 is 35.0 Å². The molecule has 0 aliphatic carbocycles. The van der Waals surface area contributed by atoms with Gasteiger partial charge in [0.25, 0.3) is 0 Å². The molecule has 0 saturated carbocycles. The van der Waals surface area contributed by atoms with E-state index in [1.54, 1.807) is 24.3 Å². The van der Waals surface area contributed by atoms with E-state index < -0.39 is 6.04 Å². The number of imidazole rings is 1. The standard InChI is InChI=1S/C23H20ClFN4OS/c1-2-20(22(30)26-18-7-4-3-6-17(18)24)29-13-5-8-19-21(29)28-23(27-19)31-14-15-9-11-16(25)12-10-15/h3-13,20H,2,14H2,1H3,(H,26,30). The summed E-state index contributed by atoms with van der Waals surface area (Å²) in [4.78, 5) is 22.3. The lowest BCUT2D eigenvalue weighted by atomic mass is 10.1. The first-order valence-electron chi connectivity index (χ1n) is 9.82. The lowest BCUT2D eigenvalue weighted by molar-refractivity contribution is -0.119. The van der Waals surface area contributed by atoms with Gasteiger partial charge in [-0.05, 0) is 48.4 Å². The van der Waals surface area contributed by atoms with Gasteiger partial charge in [-0.3, -0.25) is 4.79 Å². The summed E-state index contributed by atoms with van der Waals surface area (Å²) in [6, 6.07) is 16.8. The van der Waals surface area contributed by atoms with Crippen molar-refractivity contribution in [2.24, 2.45) is 0 Å². The van der Waals surface area contributed by atoms with Crippen LogP contribution in [0.25, 0.3) is 11.5 Å². The van der Waals surface area contributed by atoms with Gasteiger partial charge in [-0.15, -0.1) is 0 Å². The Morgan fingerprint density at radius 2 is 1.90 bits per heavy atom. The van der Waals surface area contributed by atoms with E-state index in [1.165, 1.54) is 23.9 Å². The molecule has 1 amide bonds. The predicted octanol–water partition coefficient (Wildman–Crippen LogP) is 6.06. The van der Waals surface area contributed by atoms with Gasteiger partial charge >= 0.3 is 0 Å². The third kappa shape index (κ3) is 4.89. The van der Waals surface area contributed by atoms with Crippen LogP contribution in [-0.2, 0) is 10.5 Å². The molecule has 1 atom stereocenters. The first kappa shape index (κ1) is 21.3. The van der Waals surface area contributed by atoms with Crippen molar-refractivity contribution in [2.75, 3.05) is 5.32 Å². The number of para-hydroxylation sites is 1. The van der Waals surface area contributed by atoms with Crippen LogP contribution in [0, 0.1) is 5.82 Å². The van der Waals surface area contributed by atoms with Gasteiger partial charge in [0.2, 0.25) is 5.91 Å². The maximum Gasteiger partial charge on any atom is 0.247 e. The summed E-state index contributed by atoms with van der Waals surface area (Å²) in [5.41, 5.74) is 2.27. The number of aromatic nitrogens is 3. The van der Waals surface area contributed by atoms with E-state index >= 15 is 0 Å². The number of amides is 1. The molecule has 31 heavy (non-hydrogen) atoms. The average molecular weight is 455 g/mol. The number of carbonyl (C=O) groups excluding carboxylic acids is 1. The summed E-state index contributed by atoms with van der Waals surface area (Å²) in [6.07, 6.45) is 2.41. The Labute approximate surface area is 189 Å². The maximum absolute atomic E-state index is 13.1. The Morgan fingerprint density at radius 3 is 2.65 bits per heavy atom. The zero-order valence-electron chi connectivity index (χ0n) is 16.8. The van der Waals surface area contributed by atoms with E-state index in [2.05, 4.69) is 15.3 Å². The van der Waals surface area contributed by atoms with Gasteiger partial charge in [-0.1, -0.05) is 54.6 Å². The van der Waals surface area contributed by atoms with E-state index in [4.69, 9.17) is 11.6 Å². The quantitative estimate of drug-likeness (QED) is 0.345. The molecule has 0 bridgehead atoms.